The molecule has 0 amide bonds. The van der Waals surface area contributed by atoms with E-state index in [1.165, 1.54) is 0 Å². The Kier molecular flexibility index (Phi) is 4.67. The molecule has 0 aromatic carbocycles. The van der Waals surface area contributed by atoms with Gasteiger partial charge in [-0.3, -0.25) is 4.90 Å². The van der Waals surface area contributed by atoms with Gasteiger partial charge in [0.25, 0.3) is 0 Å². The maximum Gasteiger partial charge on any atom is 0.0601 e. The number of rotatable bonds is 4. The maximum absolute atomic E-state index is 5.38. The zero-order valence-corrected chi connectivity index (χ0v) is 6.52. The van der Waals surface area contributed by atoms with E-state index in [0.717, 1.165) is 13.0 Å². The Balaban J connectivity index is 3.41. The highest BCUT2D eigenvalue weighted by Crippen LogP contribution is 1.90. The van der Waals surface area contributed by atoms with Gasteiger partial charge in [0.2, 0.25) is 0 Å². The van der Waals surface area contributed by atoms with E-state index >= 15 is 0 Å². The van der Waals surface area contributed by atoms with Crippen LogP contribution in [0.4, 0.5) is 0 Å². The van der Waals surface area contributed by atoms with Crippen molar-refractivity contribution < 1.29 is 0 Å². The van der Waals surface area contributed by atoms with Crippen LogP contribution in [0.15, 0.2) is 0 Å². The molecule has 3 N–H and O–H groups in total. The first-order valence-corrected chi connectivity index (χ1v) is 3.26. The summed E-state index contributed by atoms with van der Waals surface area (Å²) in [5.41, 5.74) is 5.38. The zero-order valence-electron chi connectivity index (χ0n) is 6.52. The molecule has 0 saturated carbocycles. The van der Waals surface area contributed by atoms with Crippen molar-refractivity contribution in [2.75, 3.05) is 27.7 Å². The molecule has 0 heterocycles. The molecular weight excluding hydrogens is 114 g/mol. The molecule has 0 aliphatic rings. The Morgan fingerprint density at radius 2 is 2.11 bits per heavy atom. The smallest absolute Gasteiger partial charge is 0.0601 e. The topological polar surface area (TPSA) is 41.3 Å². The van der Waals surface area contributed by atoms with Crippen LogP contribution in [0.25, 0.3) is 0 Å². The lowest BCUT2D eigenvalue weighted by atomic mass is 10.3. The summed E-state index contributed by atoms with van der Waals surface area (Å²) in [5.74, 6) is 0. The van der Waals surface area contributed by atoms with E-state index in [-0.39, 0.29) is 0 Å². The first-order valence-electron chi connectivity index (χ1n) is 3.26. The molecule has 0 rings (SSSR count). The molecule has 3 heteroatoms. The van der Waals surface area contributed by atoms with Crippen LogP contribution in [0, 0.1) is 0 Å². The molecule has 0 aliphatic carbocycles. The largest absolute Gasteiger partial charge is 0.330 e. The summed E-state index contributed by atoms with van der Waals surface area (Å²) in [6.45, 7) is 0.740. The predicted molar refractivity (Wildman–Crippen MR) is 40.2 cm³/mol. The number of hydrogen-bond acceptors (Lipinski definition) is 3. The molecular formula is C6H17N3. The molecule has 56 valence electrons. The van der Waals surface area contributed by atoms with Crippen molar-refractivity contribution in [1.29, 1.82) is 0 Å². The number of nitrogens with zero attached hydrogens (tertiary/aromatic N) is 1. The van der Waals surface area contributed by atoms with Crippen LogP contribution in [0.5, 0.6) is 0 Å². The third kappa shape index (κ3) is 3.46. The fraction of sp³-hybridized carbons (Fsp3) is 1.00. The summed E-state index contributed by atoms with van der Waals surface area (Å²) in [6.07, 6.45) is 1.43. The van der Waals surface area contributed by atoms with E-state index in [9.17, 15) is 0 Å². The van der Waals surface area contributed by atoms with E-state index < -0.39 is 0 Å². The second kappa shape index (κ2) is 4.73. The van der Waals surface area contributed by atoms with Crippen molar-refractivity contribution in [3.05, 3.63) is 0 Å². The van der Waals surface area contributed by atoms with E-state index in [0.29, 0.717) is 6.17 Å². The summed E-state index contributed by atoms with van der Waals surface area (Å²) < 4.78 is 0. The fourth-order valence-corrected chi connectivity index (χ4v) is 0.819. The first kappa shape index (κ1) is 8.88. The SMILES string of the molecule is CNC(CCN)N(C)C. The molecule has 0 aromatic rings. The van der Waals surface area contributed by atoms with Crippen LogP contribution >= 0.6 is 0 Å². The second-order valence-corrected chi connectivity index (χ2v) is 2.35. The monoisotopic (exact) mass is 131 g/mol. The van der Waals surface area contributed by atoms with Gasteiger partial charge in [0.1, 0.15) is 0 Å². The highest BCUT2D eigenvalue weighted by molar-refractivity contribution is 4.60. The Morgan fingerprint density at radius 1 is 1.56 bits per heavy atom. The van der Waals surface area contributed by atoms with Crippen LogP contribution in [-0.4, -0.2) is 38.8 Å². The molecule has 0 spiro atoms. The van der Waals surface area contributed by atoms with Crippen LogP contribution in [0.2, 0.25) is 0 Å². The molecule has 0 radical (unpaired) electrons. The van der Waals surface area contributed by atoms with Gasteiger partial charge in [0.15, 0.2) is 0 Å². The fourth-order valence-electron chi connectivity index (χ4n) is 0.819. The van der Waals surface area contributed by atoms with Crippen LogP contribution in [-0.2, 0) is 0 Å². The number of nitrogens with one attached hydrogen (secondary N) is 1. The zero-order chi connectivity index (χ0) is 7.28. The average molecular weight is 131 g/mol. The highest BCUT2D eigenvalue weighted by Gasteiger charge is 2.04. The van der Waals surface area contributed by atoms with E-state index in [1.807, 2.05) is 21.1 Å². The quantitative estimate of drug-likeness (QED) is 0.503. The summed E-state index contributed by atoms with van der Waals surface area (Å²) in [5, 5.41) is 3.15. The molecule has 0 aliphatic heterocycles. The van der Waals surface area contributed by atoms with E-state index in [2.05, 4.69) is 10.2 Å². The lowest BCUT2D eigenvalue weighted by molar-refractivity contribution is 0.248. The lowest BCUT2D eigenvalue weighted by Gasteiger charge is -2.22. The van der Waals surface area contributed by atoms with Gasteiger partial charge in [-0.25, -0.2) is 0 Å². The van der Waals surface area contributed by atoms with Gasteiger partial charge in [-0.1, -0.05) is 0 Å². The van der Waals surface area contributed by atoms with Crippen molar-refractivity contribution >= 4 is 0 Å². The standard InChI is InChI=1S/C6H17N3/c1-8-6(4-5-7)9(2)3/h6,8H,4-5,7H2,1-3H3. The Labute approximate surface area is 57.2 Å². The number of hydrogen-bond donors (Lipinski definition) is 2. The van der Waals surface area contributed by atoms with Gasteiger partial charge in [0.05, 0.1) is 6.17 Å². The minimum Gasteiger partial charge on any atom is -0.330 e. The Bertz CT molecular complexity index is 63.3. The summed E-state index contributed by atoms with van der Waals surface area (Å²) in [7, 11) is 6.02. The van der Waals surface area contributed by atoms with Gasteiger partial charge >= 0.3 is 0 Å². The minimum absolute atomic E-state index is 0.426. The van der Waals surface area contributed by atoms with Gasteiger partial charge in [-0.15, -0.1) is 0 Å². The lowest BCUT2D eigenvalue weighted by Crippen LogP contribution is -2.40. The molecule has 3 nitrogen and oxygen atoms in total. The molecule has 0 saturated heterocycles. The number of nitrogens with two attached hydrogens (primary N) is 1. The third-order valence-electron chi connectivity index (χ3n) is 1.40. The van der Waals surface area contributed by atoms with Crippen LogP contribution in [0.3, 0.4) is 0 Å². The van der Waals surface area contributed by atoms with E-state index in [4.69, 9.17) is 5.73 Å². The molecule has 0 fully saturated rings. The summed E-state index contributed by atoms with van der Waals surface area (Å²) in [6, 6.07) is 0. The van der Waals surface area contributed by atoms with Crippen molar-refractivity contribution in [3.63, 3.8) is 0 Å². The van der Waals surface area contributed by atoms with Gasteiger partial charge < -0.3 is 11.1 Å². The van der Waals surface area contributed by atoms with Gasteiger partial charge in [-0.2, -0.15) is 0 Å². The molecule has 9 heavy (non-hydrogen) atoms. The van der Waals surface area contributed by atoms with Crippen molar-refractivity contribution in [2.45, 2.75) is 12.6 Å². The predicted octanol–water partition coefficient (Wildman–Crippen LogP) is -0.558. The van der Waals surface area contributed by atoms with Crippen LogP contribution < -0.4 is 11.1 Å². The maximum atomic E-state index is 5.38. The molecule has 0 bridgehead atoms. The van der Waals surface area contributed by atoms with Gasteiger partial charge in [0, 0.05) is 0 Å². The highest BCUT2D eigenvalue weighted by atomic mass is 15.2. The van der Waals surface area contributed by atoms with Crippen LogP contribution in [0.1, 0.15) is 6.42 Å². The second-order valence-electron chi connectivity index (χ2n) is 2.35. The van der Waals surface area contributed by atoms with Gasteiger partial charge in [-0.05, 0) is 34.1 Å². The third-order valence-corrected chi connectivity index (χ3v) is 1.40. The Hall–Kier alpha value is -0.120. The first-order chi connectivity index (χ1) is 4.22. The normalized spacial score (nSPS) is 14.3. The minimum atomic E-state index is 0.426. The summed E-state index contributed by atoms with van der Waals surface area (Å²) in [4.78, 5) is 2.12. The van der Waals surface area contributed by atoms with Crippen molar-refractivity contribution in [2.24, 2.45) is 5.73 Å². The molecule has 0 aromatic heterocycles. The van der Waals surface area contributed by atoms with E-state index in [1.54, 1.807) is 0 Å². The van der Waals surface area contributed by atoms with Crippen molar-refractivity contribution in [3.8, 4) is 0 Å². The van der Waals surface area contributed by atoms with Crippen molar-refractivity contribution in [1.82, 2.24) is 10.2 Å². The molecule has 1 atom stereocenters. The average Bonchev–Trinajstić information content (AvgIpc) is 1.82. The Morgan fingerprint density at radius 3 is 2.22 bits per heavy atom. The summed E-state index contributed by atoms with van der Waals surface area (Å²) >= 11 is 0. The molecule has 1 unspecified atom stereocenters.